The number of hydrogen-bond donors (Lipinski definition) is 3. The lowest BCUT2D eigenvalue weighted by Crippen LogP contribution is -2.52. The fourth-order valence-electron chi connectivity index (χ4n) is 2.68. The van der Waals surface area contributed by atoms with Crippen molar-refractivity contribution in [2.24, 2.45) is 0 Å². The van der Waals surface area contributed by atoms with E-state index in [0.717, 1.165) is 8.95 Å². The van der Waals surface area contributed by atoms with Crippen molar-refractivity contribution in [3.05, 3.63) is 104 Å². The van der Waals surface area contributed by atoms with Gasteiger partial charge in [-0.2, -0.15) is 0 Å². The minimum absolute atomic E-state index is 0.365. The van der Waals surface area contributed by atoms with Crippen molar-refractivity contribution in [1.29, 1.82) is 0 Å². The van der Waals surface area contributed by atoms with Crippen LogP contribution in [0, 0.1) is 0 Å². The van der Waals surface area contributed by atoms with E-state index < -0.39 is 17.4 Å². The summed E-state index contributed by atoms with van der Waals surface area (Å²) in [7, 11) is 0. The fraction of sp³-hybridized carbons (Fsp3) is 0.0476. The average Bonchev–Trinajstić information content (AvgIpc) is 2.72. The molecule has 0 unspecified atom stereocenters. The van der Waals surface area contributed by atoms with Crippen molar-refractivity contribution in [3.8, 4) is 0 Å². The van der Waals surface area contributed by atoms with Crippen molar-refractivity contribution < 1.29 is 14.7 Å². The third-order valence-electron chi connectivity index (χ3n) is 4.18. The van der Waals surface area contributed by atoms with Gasteiger partial charge in [0.15, 0.2) is 5.60 Å². The summed E-state index contributed by atoms with van der Waals surface area (Å²) < 4.78 is 1.62. The van der Waals surface area contributed by atoms with Crippen LogP contribution in [0.3, 0.4) is 0 Å². The van der Waals surface area contributed by atoms with E-state index in [2.05, 4.69) is 42.7 Å². The lowest BCUT2D eigenvalue weighted by Gasteiger charge is -2.28. The number of hydrogen-bond acceptors (Lipinski definition) is 3. The minimum atomic E-state index is -1.99. The molecule has 0 aliphatic heterocycles. The number of benzene rings is 3. The van der Waals surface area contributed by atoms with Crippen molar-refractivity contribution in [2.45, 2.75) is 5.60 Å². The van der Waals surface area contributed by atoms with Crippen LogP contribution in [0.15, 0.2) is 87.8 Å². The molecule has 2 amide bonds. The summed E-state index contributed by atoms with van der Waals surface area (Å²) in [4.78, 5) is 25.2. The van der Waals surface area contributed by atoms with E-state index in [1.54, 1.807) is 78.9 Å². The molecule has 0 saturated carbocycles. The van der Waals surface area contributed by atoms with Crippen LogP contribution < -0.4 is 10.9 Å². The Bertz CT molecular complexity index is 929. The topological polar surface area (TPSA) is 78.4 Å². The number of halogens is 2. The number of carbonyl (C=O) groups is 2. The Labute approximate surface area is 179 Å². The van der Waals surface area contributed by atoms with Crippen molar-refractivity contribution in [1.82, 2.24) is 10.9 Å². The van der Waals surface area contributed by atoms with E-state index in [0.29, 0.717) is 16.7 Å². The summed E-state index contributed by atoms with van der Waals surface area (Å²) in [5.74, 6) is -1.26. The molecule has 0 heterocycles. The largest absolute Gasteiger partial charge is 0.372 e. The lowest BCUT2D eigenvalue weighted by atomic mass is 9.85. The molecule has 0 aromatic heterocycles. The monoisotopic (exact) mass is 502 g/mol. The molecule has 3 aromatic rings. The van der Waals surface area contributed by atoms with Crippen LogP contribution in [0.1, 0.15) is 21.5 Å². The molecule has 0 atom stereocenters. The van der Waals surface area contributed by atoms with Crippen LogP contribution in [-0.2, 0) is 10.4 Å². The third-order valence-corrected chi connectivity index (χ3v) is 5.24. The maximum atomic E-state index is 13.0. The van der Waals surface area contributed by atoms with Gasteiger partial charge in [-0.1, -0.05) is 74.3 Å². The summed E-state index contributed by atoms with van der Waals surface area (Å²) in [6.07, 6.45) is 0. The van der Waals surface area contributed by atoms with Crippen LogP contribution in [0.25, 0.3) is 0 Å². The second-order valence-electron chi connectivity index (χ2n) is 6.00. The lowest BCUT2D eigenvalue weighted by molar-refractivity contribution is -0.137. The molecule has 0 aliphatic carbocycles. The number of amides is 2. The molecule has 5 nitrogen and oxygen atoms in total. The van der Waals surface area contributed by atoms with Gasteiger partial charge in [-0.25, -0.2) is 0 Å². The smallest absolute Gasteiger partial charge is 0.279 e. The third kappa shape index (κ3) is 4.32. The Kier molecular flexibility index (Phi) is 6.28. The predicted molar refractivity (Wildman–Crippen MR) is 113 cm³/mol. The van der Waals surface area contributed by atoms with Gasteiger partial charge in [0.25, 0.3) is 11.8 Å². The summed E-state index contributed by atoms with van der Waals surface area (Å²) in [6, 6.07) is 22.0. The highest BCUT2D eigenvalue weighted by molar-refractivity contribution is 9.10. The highest BCUT2D eigenvalue weighted by atomic mass is 79.9. The normalized spacial score (nSPS) is 11.0. The van der Waals surface area contributed by atoms with Gasteiger partial charge in [-0.15, -0.1) is 0 Å². The standard InChI is InChI=1S/C21H16Br2N2O3/c22-17-10-6-15(7-11-17)21(28,16-8-12-18(23)13-9-16)20(27)25-24-19(26)14-4-2-1-3-5-14/h1-13,28H,(H,24,26)(H,25,27). The molecule has 3 rings (SSSR count). The Hall–Kier alpha value is -2.48. The first-order chi connectivity index (χ1) is 13.4. The fourth-order valence-corrected chi connectivity index (χ4v) is 3.21. The van der Waals surface area contributed by atoms with Gasteiger partial charge in [0, 0.05) is 14.5 Å². The van der Waals surface area contributed by atoms with Crippen LogP contribution in [0.5, 0.6) is 0 Å². The number of aliphatic hydroxyl groups is 1. The van der Waals surface area contributed by atoms with Crippen LogP contribution >= 0.6 is 31.9 Å². The summed E-state index contributed by atoms with van der Waals surface area (Å²) in [5.41, 5.74) is 3.81. The minimum Gasteiger partial charge on any atom is -0.372 e. The predicted octanol–water partition coefficient (Wildman–Crippen LogP) is 3.91. The van der Waals surface area contributed by atoms with Crippen molar-refractivity contribution >= 4 is 43.7 Å². The molecular weight excluding hydrogens is 488 g/mol. The molecule has 0 aliphatic rings. The van der Waals surface area contributed by atoms with Crippen molar-refractivity contribution in [3.63, 3.8) is 0 Å². The van der Waals surface area contributed by atoms with E-state index in [1.165, 1.54) is 0 Å². The maximum absolute atomic E-state index is 13.0. The van der Waals surface area contributed by atoms with Gasteiger partial charge in [-0.3, -0.25) is 20.4 Å². The molecule has 7 heteroatoms. The number of rotatable bonds is 4. The van der Waals surface area contributed by atoms with Gasteiger partial charge < -0.3 is 5.11 Å². The van der Waals surface area contributed by atoms with Gasteiger partial charge in [0.05, 0.1) is 0 Å². The highest BCUT2D eigenvalue weighted by Crippen LogP contribution is 2.31. The zero-order valence-corrected chi connectivity index (χ0v) is 17.7. The van der Waals surface area contributed by atoms with Crippen LogP contribution in [-0.4, -0.2) is 16.9 Å². The highest BCUT2D eigenvalue weighted by Gasteiger charge is 2.40. The Morgan fingerprint density at radius 2 is 1.18 bits per heavy atom. The Morgan fingerprint density at radius 3 is 1.64 bits per heavy atom. The summed E-state index contributed by atoms with van der Waals surface area (Å²) in [5, 5.41) is 11.4. The van der Waals surface area contributed by atoms with E-state index in [-0.39, 0.29) is 0 Å². The second-order valence-corrected chi connectivity index (χ2v) is 7.83. The van der Waals surface area contributed by atoms with Crippen LogP contribution in [0.4, 0.5) is 0 Å². The Balaban J connectivity index is 1.90. The quantitative estimate of drug-likeness (QED) is 0.472. The molecule has 142 valence electrons. The molecule has 0 fully saturated rings. The molecule has 3 aromatic carbocycles. The maximum Gasteiger partial charge on any atom is 0.279 e. The number of hydrazine groups is 1. The first-order valence-electron chi connectivity index (χ1n) is 8.31. The van der Waals surface area contributed by atoms with Gasteiger partial charge in [0.1, 0.15) is 0 Å². The average molecular weight is 504 g/mol. The molecule has 3 N–H and O–H groups in total. The van der Waals surface area contributed by atoms with Crippen LogP contribution in [0.2, 0.25) is 0 Å². The number of nitrogens with one attached hydrogen (secondary N) is 2. The molecule has 28 heavy (non-hydrogen) atoms. The van der Waals surface area contributed by atoms with E-state index in [9.17, 15) is 14.7 Å². The first-order valence-corrected chi connectivity index (χ1v) is 9.90. The number of carbonyl (C=O) groups excluding carboxylic acids is 2. The zero-order valence-electron chi connectivity index (χ0n) is 14.5. The molecule has 0 bridgehead atoms. The first kappa shape index (κ1) is 20.3. The summed E-state index contributed by atoms with van der Waals surface area (Å²) in [6.45, 7) is 0. The van der Waals surface area contributed by atoms with Gasteiger partial charge >= 0.3 is 0 Å². The van der Waals surface area contributed by atoms with E-state index in [1.807, 2.05) is 0 Å². The van der Waals surface area contributed by atoms with E-state index >= 15 is 0 Å². The van der Waals surface area contributed by atoms with Crippen molar-refractivity contribution in [2.75, 3.05) is 0 Å². The SMILES string of the molecule is O=C(NNC(=O)C(O)(c1ccc(Br)cc1)c1ccc(Br)cc1)c1ccccc1. The molecular formula is C21H16Br2N2O3. The molecule has 0 spiro atoms. The van der Waals surface area contributed by atoms with E-state index in [4.69, 9.17) is 0 Å². The molecule has 0 saturated heterocycles. The molecule has 0 radical (unpaired) electrons. The zero-order chi connectivity index (χ0) is 20.1. The Morgan fingerprint density at radius 1 is 0.714 bits per heavy atom. The second kappa shape index (κ2) is 8.68. The summed E-state index contributed by atoms with van der Waals surface area (Å²) >= 11 is 6.69. The van der Waals surface area contributed by atoms with Gasteiger partial charge in [-0.05, 0) is 47.5 Å². The van der Waals surface area contributed by atoms with Gasteiger partial charge in [0.2, 0.25) is 0 Å².